The van der Waals surface area contributed by atoms with E-state index in [0.717, 1.165) is 31.9 Å². The molecular formula is C15H21N5O. The lowest BCUT2D eigenvalue weighted by Gasteiger charge is -2.32. The average molecular weight is 287 g/mol. The summed E-state index contributed by atoms with van der Waals surface area (Å²) in [7, 11) is 1.75. The molecule has 112 valence electrons. The zero-order chi connectivity index (χ0) is 14.7. The Balaban J connectivity index is 1.81. The van der Waals surface area contributed by atoms with Crippen LogP contribution < -0.4 is 0 Å². The predicted octanol–water partition coefficient (Wildman–Crippen LogP) is 1.44. The van der Waals surface area contributed by atoms with Crippen molar-refractivity contribution >= 4 is 0 Å². The van der Waals surface area contributed by atoms with Gasteiger partial charge in [-0.2, -0.15) is 0 Å². The molecule has 1 unspecified atom stereocenters. The normalized spacial score (nSPS) is 18.7. The van der Waals surface area contributed by atoms with Crippen molar-refractivity contribution in [3.05, 3.63) is 41.5 Å². The fraction of sp³-hybridized carbons (Fsp3) is 0.533. The maximum atomic E-state index is 5.40. The summed E-state index contributed by atoms with van der Waals surface area (Å²) < 4.78 is 7.40. The quantitative estimate of drug-likeness (QED) is 0.833. The molecule has 2 aromatic heterocycles. The minimum absolute atomic E-state index is 0.324. The van der Waals surface area contributed by atoms with Crippen molar-refractivity contribution in [1.29, 1.82) is 0 Å². The summed E-state index contributed by atoms with van der Waals surface area (Å²) in [5.74, 6) is 0.324. The van der Waals surface area contributed by atoms with Gasteiger partial charge >= 0.3 is 0 Å². The number of rotatable bonds is 5. The van der Waals surface area contributed by atoms with Crippen molar-refractivity contribution in [2.45, 2.75) is 32.5 Å². The van der Waals surface area contributed by atoms with Crippen LogP contribution in [0.15, 0.2) is 24.5 Å². The van der Waals surface area contributed by atoms with Crippen LogP contribution in [0.2, 0.25) is 0 Å². The summed E-state index contributed by atoms with van der Waals surface area (Å²) in [4.78, 5) is 6.57. The second kappa shape index (κ2) is 6.32. The SMILES string of the molecule is CCn1nnc2c1C(COC)CN(Cc1cccnc1)C2. The van der Waals surface area contributed by atoms with Gasteiger partial charge in [-0.05, 0) is 18.6 Å². The number of aromatic nitrogens is 4. The highest BCUT2D eigenvalue weighted by Crippen LogP contribution is 2.28. The maximum Gasteiger partial charge on any atom is 0.100 e. The van der Waals surface area contributed by atoms with Gasteiger partial charge in [0.15, 0.2) is 0 Å². The largest absolute Gasteiger partial charge is 0.384 e. The monoisotopic (exact) mass is 287 g/mol. The lowest BCUT2D eigenvalue weighted by atomic mass is 9.98. The predicted molar refractivity (Wildman–Crippen MR) is 78.7 cm³/mol. The van der Waals surface area contributed by atoms with E-state index in [0.29, 0.717) is 12.5 Å². The Morgan fingerprint density at radius 2 is 2.33 bits per heavy atom. The van der Waals surface area contributed by atoms with Crippen LogP contribution in [-0.2, 0) is 24.4 Å². The number of methoxy groups -OCH3 is 1. The molecule has 6 nitrogen and oxygen atoms in total. The van der Waals surface area contributed by atoms with Crippen LogP contribution in [0, 0.1) is 0 Å². The van der Waals surface area contributed by atoms with Gasteiger partial charge in [0.25, 0.3) is 0 Å². The van der Waals surface area contributed by atoms with E-state index >= 15 is 0 Å². The molecule has 0 saturated carbocycles. The first kappa shape index (κ1) is 14.2. The average Bonchev–Trinajstić information content (AvgIpc) is 2.92. The van der Waals surface area contributed by atoms with Gasteiger partial charge in [0.1, 0.15) is 5.69 Å². The third-order valence-electron chi connectivity index (χ3n) is 3.88. The molecular weight excluding hydrogens is 266 g/mol. The molecule has 3 rings (SSSR count). The zero-order valence-corrected chi connectivity index (χ0v) is 12.6. The lowest BCUT2D eigenvalue weighted by Crippen LogP contribution is -2.36. The Morgan fingerprint density at radius 1 is 1.43 bits per heavy atom. The van der Waals surface area contributed by atoms with Crippen LogP contribution >= 0.6 is 0 Å². The second-order valence-corrected chi connectivity index (χ2v) is 5.42. The van der Waals surface area contributed by atoms with E-state index < -0.39 is 0 Å². The Morgan fingerprint density at radius 3 is 3.05 bits per heavy atom. The van der Waals surface area contributed by atoms with E-state index in [-0.39, 0.29) is 0 Å². The van der Waals surface area contributed by atoms with Crippen molar-refractivity contribution in [3.63, 3.8) is 0 Å². The second-order valence-electron chi connectivity index (χ2n) is 5.42. The first-order chi connectivity index (χ1) is 10.3. The van der Waals surface area contributed by atoms with E-state index in [2.05, 4.69) is 33.2 Å². The highest BCUT2D eigenvalue weighted by molar-refractivity contribution is 5.20. The van der Waals surface area contributed by atoms with Crippen molar-refractivity contribution in [2.75, 3.05) is 20.3 Å². The molecule has 21 heavy (non-hydrogen) atoms. The van der Waals surface area contributed by atoms with Gasteiger partial charge in [0.2, 0.25) is 0 Å². The fourth-order valence-electron chi connectivity index (χ4n) is 3.03. The van der Waals surface area contributed by atoms with Crippen LogP contribution in [-0.4, -0.2) is 45.1 Å². The molecule has 0 amide bonds. The van der Waals surface area contributed by atoms with E-state index in [4.69, 9.17) is 4.74 Å². The maximum absolute atomic E-state index is 5.40. The Bertz CT molecular complexity index is 583. The fourth-order valence-corrected chi connectivity index (χ4v) is 3.03. The number of aryl methyl sites for hydroxylation is 1. The van der Waals surface area contributed by atoms with Crippen LogP contribution in [0.25, 0.3) is 0 Å². The first-order valence-electron chi connectivity index (χ1n) is 7.34. The van der Waals surface area contributed by atoms with E-state index in [1.807, 2.05) is 16.9 Å². The van der Waals surface area contributed by atoms with Crippen molar-refractivity contribution in [3.8, 4) is 0 Å². The minimum Gasteiger partial charge on any atom is -0.384 e. The number of ether oxygens (including phenoxy) is 1. The highest BCUT2D eigenvalue weighted by atomic mass is 16.5. The lowest BCUT2D eigenvalue weighted by molar-refractivity contribution is 0.131. The number of pyridine rings is 1. The number of hydrogen-bond acceptors (Lipinski definition) is 5. The minimum atomic E-state index is 0.324. The number of fused-ring (bicyclic) bond motifs is 1. The molecule has 0 saturated heterocycles. The molecule has 0 bridgehead atoms. The molecule has 3 heterocycles. The molecule has 6 heteroatoms. The van der Waals surface area contributed by atoms with Crippen LogP contribution in [0.3, 0.4) is 0 Å². The van der Waals surface area contributed by atoms with Gasteiger partial charge in [0.05, 0.1) is 12.3 Å². The van der Waals surface area contributed by atoms with Crippen molar-refractivity contribution in [1.82, 2.24) is 24.9 Å². The van der Waals surface area contributed by atoms with Crippen LogP contribution in [0.5, 0.6) is 0 Å². The van der Waals surface area contributed by atoms with Gasteiger partial charge < -0.3 is 4.74 Å². The standard InChI is InChI=1S/C15H21N5O/c1-3-20-15-13(11-21-2)9-19(10-14(15)17-18-20)8-12-5-4-6-16-7-12/h4-7,13H,3,8-11H2,1-2H3. The van der Waals surface area contributed by atoms with E-state index in [1.165, 1.54) is 11.3 Å². The molecule has 0 spiro atoms. The van der Waals surface area contributed by atoms with Crippen LogP contribution in [0.4, 0.5) is 0 Å². The Kier molecular flexibility index (Phi) is 4.26. The smallest absolute Gasteiger partial charge is 0.100 e. The topological polar surface area (TPSA) is 56.1 Å². The summed E-state index contributed by atoms with van der Waals surface area (Å²) in [6, 6.07) is 4.08. The van der Waals surface area contributed by atoms with Gasteiger partial charge in [-0.1, -0.05) is 11.3 Å². The molecule has 0 aliphatic carbocycles. The van der Waals surface area contributed by atoms with Crippen molar-refractivity contribution in [2.24, 2.45) is 0 Å². The molecule has 1 aliphatic heterocycles. The molecule has 1 atom stereocenters. The third kappa shape index (κ3) is 2.96. The highest BCUT2D eigenvalue weighted by Gasteiger charge is 2.30. The van der Waals surface area contributed by atoms with Gasteiger partial charge in [-0.3, -0.25) is 9.88 Å². The summed E-state index contributed by atoms with van der Waals surface area (Å²) in [5.41, 5.74) is 3.54. The first-order valence-corrected chi connectivity index (χ1v) is 7.34. The molecule has 2 aromatic rings. The summed E-state index contributed by atoms with van der Waals surface area (Å²) in [5, 5.41) is 8.61. The summed E-state index contributed by atoms with van der Waals surface area (Å²) in [6.07, 6.45) is 3.72. The summed E-state index contributed by atoms with van der Waals surface area (Å²) in [6.45, 7) is 6.33. The Labute approximate surface area is 124 Å². The summed E-state index contributed by atoms with van der Waals surface area (Å²) >= 11 is 0. The molecule has 1 aliphatic rings. The molecule has 0 N–H and O–H groups in total. The van der Waals surface area contributed by atoms with Crippen molar-refractivity contribution < 1.29 is 4.74 Å². The molecule has 0 radical (unpaired) electrons. The van der Waals surface area contributed by atoms with Gasteiger partial charge in [0, 0.05) is 51.6 Å². The Hall–Kier alpha value is -1.79. The molecule has 0 aromatic carbocycles. The zero-order valence-electron chi connectivity index (χ0n) is 12.6. The van der Waals surface area contributed by atoms with Gasteiger partial charge in [-0.15, -0.1) is 5.10 Å². The van der Waals surface area contributed by atoms with E-state index in [1.54, 1.807) is 13.3 Å². The number of hydrogen-bond donors (Lipinski definition) is 0. The van der Waals surface area contributed by atoms with E-state index in [9.17, 15) is 0 Å². The third-order valence-corrected chi connectivity index (χ3v) is 3.88. The molecule has 0 fully saturated rings. The van der Waals surface area contributed by atoms with Crippen LogP contribution in [0.1, 0.15) is 29.8 Å². The number of nitrogens with zero attached hydrogens (tertiary/aromatic N) is 5. The van der Waals surface area contributed by atoms with Gasteiger partial charge in [-0.25, -0.2) is 4.68 Å².